The van der Waals surface area contributed by atoms with Crippen molar-refractivity contribution in [1.29, 1.82) is 0 Å². The monoisotopic (exact) mass is 375 g/mol. The van der Waals surface area contributed by atoms with Crippen LogP contribution in [0.1, 0.15) is 64.3 Å². The molecule has 1 aromatic heterocycles. The molecule has 0 bridgehead atoms. The van der Waals surface area contributed by atoms with Gasteiger partial charge >= 0.3 is 5.97 Å². The number of thiophene rings is 1. The second kappa shape index (κ2) is 7.99. The van der Waals surface area contributed by atoms with E-state index in [1.54, 1.807) is 19.9 Å². The molecule has 0 saturated heterocycles. The van der Waals surface area contributed by atoms with Crippen LogP contribution in [0.2, 0.25) is 0 Å². The summed E-state index contributed by atoms with van der Waals surface area (Å²) in [6, 6.07) is 5.50. The first kappa shape index (κ1) is 18.6. The molecule has 0 radical (unpaired) electrons. The zero-order valence-electron chi connectivity index (χ0n) is 14.9. The zero-order chi connectivity index (χ0) is 18.7. The number of fused-ring (bicyclic) bond motifs is 1. The number of carbonyl (C=O) groups excluding carboxylic acids is 2. The number of ether oxygens (including phenoxy) is 1. The van der Waals surface area contributed by atoms with Crippen LogP contribution in [0.3, 0.4) is 0 Å². The van der Waals surface area contributed by atoms with E-state index in [0.29, 0.717) is 10.6 Å². The smallest absolute Gasteiger partial charge is 0.341 e. The molecular weight excluding hydrogens is 353 g/mol. The molecule has 2 aromatic rings. The Balaban J connectivity index is 1.95. The molecule has 1 aliphatic rings. The molecule has 1 aliphatic carbocycles. The van der Waals surface area contributed by atoms with Gasteiger partial charge in [0.2, 0.25) is 0 Å². The first-order valence-electron chi connectivity index (χ1n) is 8.88. The summed E-state index contributed by atoms with van der Waals surface area (Å²) in [4.78, 5) is 26.3. The van der Waals surface area contributed by atoms with Crippen LogP contribution in [-0.4, -0.2) is 18.0 Å². The Hall–Kier alpha value is -2.21. The molecule has 1 N–H and O–H groups in total. The molecule has 1 amide bonds. The molecule has 4 nitrogen and oxygen atoms in total. The van der Waals surface area contributed by atoms with Gasteiger partial charge in [0.05, 0.1) is 11.7 Å². The molecule has 1 heterocycles. The van der Waals surface area contributed by atoms with E-state index in [1.807, 2.05) is 0 Å². The zero-order valence-corrected chi connectivity index (χ0v) is 15.7. The normalized spacial score (nSPS) is 13.8. The number of anilines is 1. The third kappa shape index (κ3) is 4.12. The van der Waals surface area contributed by atoms with E-state index < -0.39 is 17.7 Å². The van der Waals surface area contributed by atoms with E-state index in [1.165, 1.54) is 29.5 Å². The van der Waals surface area contributed by atoms with Gasteiger partial charge < -0.3 is 10.1 Å². The van der Waals surface area contributed by atoms with Gasteiger partial charge in [0.1, 0.15) is 10.8 Å². The summed E-state index contributed by atoms with van der Waals surface area (Å²) < 4.78 is 18.8. The van der Waals surface area contributed by atoms with Gasteiger partial charge in [-0.1, -0.05) is 12.5 Å². The summed E-state index contributed by atoms with van der Waals surface area (Å²) in [6.45, 7) is 3.60. The van der Waals surface area contributed by atoms with E-state index in [-0.39, 0.29) is 11.7 Å². The number of esters is 1. The van der Waals surface area contributed by atoms with Crippen molar-refractivity contribution in [3.63, 3.8) is 0 Å². The van der Waals surface area contributed by atoms with Crippen molar-refractivity contribution in [1.82, 2.24) is 0 Å². The summed E-state index contributed by atoms with van der Waals surface area (Å²) in [5.74, 6) is -1.31. The summed E-state index contributed by atoms with van der Waals surface area (Å²) in [5.41, 5.74) is 1.68. The number of hydrogen-bond donors (Lipinski definition) is 1. The highest BCUT2D eigenvalue weighted by Crippen LogP contribution is 2.38. The highest BCUT2D eigenvalue weighted by Gasteiger charge is 2.27. The number of halogens is 1. The Bertz CT molecular complexity index is 828. The van der Waals surface area contributed by atoms with Crippen LogP contribution in [0.15, 0.2) is 24.3 Å². The Labute approximate surface area is 156 Å². The molecule has 3 rings (SSSR count). The van der Waals surface area contributed by atoms with Gasteiger partial charge in [0.25, 0.3) is 5.91 Å². The lowest BCUT2D eigenvalue weighted by Gasteiger charge is -2.11. The Morgan fingerprint density at radius 1 is 1.19 bits per heavy atom. The van der Waals surface area contributed by atoms with Crippen molar-refractivity contribution >= 4 is 28.2 Å². The quantitative estimate of drug-likeness (QED) is 0.606. The maximum Gasteiger partial charge on any atom is 0.341 e. The van der Waals surface area contributed by atoms with Crippen molar-refractivity contribution in [3.8, 4) is 0 Å². The van der Waals surface area contributed by atoms with E-state index in [2.05, 4.69) is 5.32 Å². The largest absolute Gasteiger partial charge is 0.459 e. The molecule has 0 spiro atoms. The average Bonchev–Trinajstić information content (AvgIpc) is 2.75. The van der Waals surface area contributed by atoms with Gasteiger partial charge in [-0.2, -0.15) is 0 Å². The van der Waals surface area contributed by atoms with Crippen molar-refractivity contribution in [2.45, 2.75) is 52.1 Å². The molecule has 138 valence electrons. The topological polar surface area (TPSA) is 55.4 Å². The van der Waals surface area contributed by atoms with Crippen LogP contribution in [0.25, 0.3) is 0 Å². The minimum Gasteiger partial charge on any atom is -0.459 e. The number of nitrogens with one attached hydrogen (secondary N) is 1. The van der Waals surface area contributed by atoms with Gasteiger partial charge in [-0.05, 0) is 63.3 Å². The van der Waals surface area contributed by atoms with Gasteiger partial charge in [-0.25, -0.2) is 9.18 Å². The summed E-state index contributed by atoms with van der Waals surface area (Å²) in [6.07, 6.45) is 4.69. The SMILES string of the molecule is CC(C)OC(=O)c1c(NC(=O)c2cccc(F)c2)sc2c1CCCCC2. The molecule has 1 aromatic carbocycles. The summed E-state index contributed by atoms with van der Waals surface area (Å²) in [7, 11) is 0. The fourth-order valence-corrected chi connectivity index (χ4v) is 4.40. The predicted molar refractivity (Wildman–Crippen MR) is 100 cm³/mol. The number of amides is 1. The van der Waals surface area contributed by atoms with Gasteiger partial charge in [0.15, 0.2) is 0 Å². The minimum absolute atomic E-state index is 0.219. The number of aryl methyl sites for hydroxylation is 1. The van der Waals surface area contributed by atoms with E-state index in [0.717, 1.165) is 42.5 Å². The van der Waals surface area contributed by atoms with Gasteiger partial charge in [-0.15, -0.1) is 11.3 Å². The first-order chi connectivity index (χ1) is 12.5. The molecule has 0 fully saturated rings. The van der Waals surface area contributed by atoms with E-state index >= 15 is 0 Å². The van der Waals surface area contributed by atoms with Crippen LogP contribution < -0.4 is 5.32 Å². The van der Waals surface area contributed by atoms with E-state index in [4.69, 9.17) is 4.74 Å². The molecule has 6 heteroatoms. The predicted octanol–water partition coefficient (Wildman–Crippen LogP) is 4.97. The number of rotatable bonds is 4. The standard InChI is InChI=1S/C20H22FNO3S/c1-12(2)25-20(24)17-15-9-4-3-5-10-16(15)26-19(17)22-18(23)13-7-6-8-14(21)11-13/h6-8,11-12H,3-5,9-10H2,1-2H3,(H,22,23). The van der Waals surface area contributed by atoms with Crippen LogP contribution >= 0.6 is 11.3 Å². The van der Waals surface area contributed by atoms with Crippen LogP contribution in [-0.2, 0) is 17.6 Å². The molecule has 0 saturated carbocycles. The van der Waals surface area contributed by atoms with Crippen molar-refractivity contribution in [2.24, 2.45) is 0 Å². The molecular formula is C20H22FNO3S. The van der Waals surface area contributed by atoms with E-state index in [9.17, 15) is 14.0 Å². The molecule has 0 atom stereocenters. The Morgan fingerprint density at radius 2 is 1.96 bits per heavy atom. The van der Waals surface area contributed by atoms with Crippen LogP contribution in [0, 0.1) is 5.82 Å². The van der Waals surface area contributed by atoms with Gasteiger partial charge in [0, 0.05) is 10.4 Å². The maximum absolute atomic E-state index is 13.4. The van der Waals surface area contributed by atoms with Crippen molar-refractivity contribution < 1.29 is 18.7 Å². The lowest BCUT2D eigenvalue weighted by Crippen LogP contribution is -2.17. The van der Waals surface area contributed by atoms with Crippen LogP contribution in [0.4, 0.5) is 9.39 Å². The first-order valence-corrected chi connectivity index (χ1v) is 9.69. The highest BCUT2D eigenvalue weighted by atomic mass is 32.1. The maximum atomic E-state index is 13.4. The van der Waals surface area contributed by atoms with Crippen LogP contribution in [0.5, 0.6) is 0 Å². The van der Waals surface area contributed by atoms with Crippen molar-refractivity contribution in [2.75, 3.05) is 5.32 Å². The number of carbonyl (C=O) groups is 2. The third-order valence-electron chi connectivity index (χ3n) is 4.28. The van der Waals surface area contributed by atoms with Crippen molar-refractivity contribution in [3.05, 3.63) is 51.7 Å². The lowest BCUT2D eigenvalue weighted by atomic mass is 10.1. The third-order valence-corrected chi connectivity index (χ3v) is 5.49. The fourth-order valence-electron chi connectivity index (χ4n) is 3.12. The second-order valence-electron chi connectivity index (χ2n) is 6.69. The minimum atomic E-state index is -0.473. The summed E-state index contributed by atoms with van der Waals surface area (Å²) in [5, 5.41) is 3.29. The number of hydrogen-bond acceptors (Lipinski definition) is 4. The molecule has 0 unspecified atom stereocenters. The second-order valence-corrected chi connectivity index (χ2v) is 7.79. The Kier molecular flexibility index (Phi) is 5.71. The summed E-state index contributed by atoms with van der Waals surface area (Å²) >= 11 is 1.43. The highest BCUT2D eigenvalue weighted by molar-refractivity contribution is 7.17. The van der Waals surface area contributed by atoms with Gasteiger partial charge in [-0.3, -0.25) is 4.79 Å². The Morgan fingerprint density at radius 3 is 2.69 bits per heavy atom. The molecule has 0 aliphatic heterocycles. The number of benzene rings is 1. The fraction of sp³-hybridized carbons (Fsp3) is 0.400. The lowest BCUT2D eigenvalue weighted by molar-refractivity contribution is 0.0378. The average molecular weight is 375 g/mol. The molecule has 26 heavy (non-hydrogen) atoms.